The lowest BCUT2D eigenvalue weighted by atomic mass is 9.99. The molecular weight excluding hydrogens is 431 g/mol. The maximum Gasteiger partial charge on any atom is 0.424 e. The van der Waals surface area contributed by atoms with Gasteiger partial charge < -0.3 is 15.2 Å². The molecule has 0 radical (unpaired) electrons. The molecule has 2 N–H and O–H groups in total. The van der Waals surface area contributed by atoms with Gasteiger partial charge in [0.2, 0.25) is 11.5 Å². The number of carbonyl (C=O) groups is 1. The van der Waals surface area contributed by atoms with E-state index in [1.54, 1.807) is 6.07 Å². The molecule has 1 aliphatic rings. The number of hydrogen-bond donors (Lipinski definition) is 2. The minimum absolute atomic E-state index is 0.0665. The third kappa shape index (κ3) is 6.03. The van der Waals surface area contributed by atoms with Gasteiger partial charge in [-0.15, -0.1) is 11.3 Å². The molecule has 1 fully saturated rings. The molecule has 0 spiro atoms. The molecule has 0 aliphatic carbocycles. The number of morpholine rings is 1. The quantitative estimate of drug-likeness (QED) is 0.668. The van der Waals surface area contributed by atoms with Gasteiger partial charge in [-0.1, -0.05) is 24.3 Å². The number of hydrogen-bond acceptors (Lipinski definition) is 6. The zero-order chi connectivity index (χ0) is 22.6. The smallest absolute Gasteiger partial charge is 0.376 e. The van der Waals surface area contributed by atoms with Gasteiger partial charge in [0.15, 0.2) is 0 Å². The number of aliphatic hydroxyl groups is 1. The van der Waals surface area contributed by atoms with Crippen molar-refractivity contribution in [2.24, 2.45) is 0 Å². The number of halogens is 3. The highest BCUT2D eigenvalue weighted by molar-refractivity contribution is 7.09. The van der Waals surface area contributed by atoms with Crippen LogP contribution in [0.1, 0.15) is 35.2 Å². The number of thiazole rings is 1. The normalized spacial score (nSPS) is 19.7. The van der Waals surface area contributed by atoms with Crippen LogP contribution >= 0.6 is 11.3 Å². The topological polar surface area (TPSA) is 74.7 Å². The SMILES string of the molecule is Cc1csc(C(O)(CC(=O)NCc2cccc(CN3CCOC(C)C3)c2)C(F)(F)F)n1. The van der Waals surface area contributed by atoms with Crippen LogP contribution in [0.25, 0.3) is 0 Å². The number of alkyl halides is 3. The molecule has 1 amide bonds. The zero-order valence-electron chi connectivity index (χ0n) is 17.4. The minimum atomic E-state index is -5.02. The van der Waals surface area contributed by atoms with E-state index >= 15 is 0 Å². The first-order valence-corrected chi connectivity index (χ1v) is 10.8. The number of carbonyl (C=O) groups excluding carboxylic acids is 1. The Morgan fingerprint density at radius 2 is 2.13 bits per heavy atom. The van der Waals surface area contributed by atoms with Crippen molar-refractivity contribution < 1.29 is 27.8 Å². The van der Waals surface area contributed by atoms with Crippen molar-refractivity contribution in [3.05, 3.63) is 51.5 Å². The standard InChI is InChI=1S/C21H26F3N3O3S/c1-14-13-31-19(26-14)20(29,21(22,23)24)9-18(28)25-10-16-4-3-5-17(8-16)12-27-6-7-30-15(2)11-27/h3-5,8,13,15,29H,6-7,9-12H2,1-2H3,(H,25,28). The van der Waals surface area contributed by atoms with Crippen molar-refractivity contribution in [1.29, 1.82) is 0 Å². The maximum absolute atomic E-state index is 13.5. The average Bonchev–Trinajstić information content (AvgIpc) is 3.13. The molecule has 2 unspecified atom stereocenters. The Kier molecular flexibility index (Phi) is 7.35. The van der Waals surface area contributed by atoms with E-state index < -0.39 is 29.1 Å². The van der Waals surface area contributed by atoms with Gasteiger partial charge in [0.1, 0.15) is 5.01 Å². The molecule has 1 aromatic heterocycles. The third-order valence-corrected chi connectivity index (χ3v) is 6.18. The summed E-state index contributed by atoms with van der Waals surface area (Å²) in [4.78, 5) is 18.3. The Balaban J connectivity index is 1.61. The van der Waals surface area contributed by atoms with Crippen molar-refractivity contribution in [1.82, 2.24) is 15.2 Å². The molecule has 1 aliphatic heterocycles. The molecule has 2 heterocycles. The van der Waals surface area contributed by atoms with Crippen molar-refractivity contribution in [3.63, 3.8) is 0 Å². The van der Waals surface area contributed by atoms with Crippen molar-refractivity contribution in [2.75, 3.05) is 19.7 Å². The summed E-state index contributed by atoms with van der Waals surface area (Å²) in [6, 6.07) is 7.54. The predicted octanol–water partition coefficient (Wildman–Crippen LogP) is 3.13. The van der Waals surface area contributed by atoms with Crippen LogP contribution in [0.5, 0.6) is 0 Å². The van der Waals surface area contributed by atoms with E-state index in [1.807, 2.05) is 25.1 Å². The Bertz CT molecular complexity index is 905. The van der Waals surface area contributed by atoms with Crippen LogP contribution in [0.3, 0.4) is 0 Å². The van der Waals surface area contributed by atoms with E-state index in [1.165, 1.54) is 12.3 Å². The summed E-state index contributed by atoms with van der Waals surface area (Å²) in [5.41, 5.74) is -1.14. The van der Waals surface area contributed by atoms with Crippen LogP contribution in [0, 0.1) is 6.92 Å². The molecule has 2 atom stereocenters. The fourth-order valence-electron chi connectivity index (χ4n) is 3.47. The first kappa shape index (κ1) is 23.6. The van der Waals surface area contributed by atoms with Crippen LogP contribution in [0.2, 0.25) is 0 Å². The Labute approximate surface area is 183 Å². The van der Waals surface area contributed by atoms with Gasteiger partial charge >= 0.3 is 6.18 Å². The summed E-state index contributed by atoms with van der Waals surface area (Å²) in [5.74, 6) is -0.903. The lowest BCUT2D eigenvalue weighted by molar-refractivity contribution is -0.267. The molecule has 6 nitrogen and oxygen atoms in total. The van der Waals surface area contributed by atoms with Crippen molar-refractivity contribution in [2.45, 2.75) is 51.2 Å². The van der Waals surface area contributed by atoms with Gasteiger partial charge in [0.05, 0.1) is 19.1 Å². The number of nitrogens with one attached hydrogen (secondary N) is 1. The molecule has 10 heteroatoms. The molecule has 31 heavy (non-hydrogen) atoms. The number of nitrogens with zero attached hydrogens (tertiary/aromatic N) is 2. The number of amides is 1. The first-order valence-electron chi connectivity index (χ1n) is 9.97. The third-order valence-electron chi connectivity index (χ3n) is 5.07. The molecule has 2 aromatic rings. The van der Waals surface area contributed by atoms with Gasteiger partial charge in [-0.25, -0.2) is 4.98 Å². The average molecular weight is 458 g/mol. The molecule has 3 rings (SSSR count). The molecule has 1 aromatic carbocycles. The monoisotopic (exact) mass is 457 g/mol. The van der Waals surface area contributed by atoms with Gasteiger partial charge in [0.25, 0.3) is 0 Å². The van der Waals surface area contributed by atoms with Crippen molar-refractivity contribution in [3.8, 4) is 0 Å². The Morgan fingerprint density at radius 1 is 1.39 bits per heavy atom. The number of rotatable bonds is 7. The number of ether oxygens (including phenoxy) is 1. The molecule has 0 bridgehead atoms. The van der Waals surface area contributed by atoms with E-state index in [2.05, 4.69) is 15.2 Å². The van der Waals surface area contributed by atoms with Crippen LogP contribution in [-0.2, 0) is 28.2 Å². The molecular formula is C21H26F3N3O3S. The van der Waals surface area contributed by atoms with E-state index in [0.717, 1.165) is 30.8 Å². The highest BCUT2D eigenvalue weighted by Gasteiger charge is 2.58. The number of aromatic nitrogens is 1. The van der Waals surface area contributed by atoms with E-state index in [-0.39, 0.29) is 12.6 Å². The lowest BCUT2D eigenvalue weighted by Gasteiger charge is -2.31. The zero-order valence-corrected chi connectivity index (χ0v) is 18.2. The van der Waals surface area contributed by atoms with Crippen molar-refractivity contribution >= 4 is 17.2 Å². The largest absolute Gasteiger partial charge is 0.424 e. The van der Waals surface area contributed by atoms with Gasteiger partial charge in [-0.05, 0) is 25.0 Å². The van der Waals surface area contributed by atoms with E-state index in [9.17, 15) is 23.1 Å². The molecule has 1 saturated heterocycles. The van der Waals surface area contributed by atoms with Crippen LogP contribution in [0.15, 0.2) is 29.6 Å². The molecule has 170 valence electrons. The minimum Gasteiger partial charge on any atom is -0.376 e. The second kappa shape index (κ2) is 9.64. The van der Waals surface area contributed by atoms with Gasteiger partial charge in [-0.3, -0.25) is 9.69 Å². The molecule has 0 saturated carbocycles. The second-order valence-electron chi connectivity index (χ2n) is 7.84. The summed E-state index contributed by atoms with van der Waals surface area (Å²) < 4.78 is 46.2. The summed E-state index contributed by atoms with van der Waals surface area (Å²) in [7, 11) is 0. The van der Waals surface area contributed by atoms with Crippen LogP contribution < -0.4 is 5.32 Å². The lowest BCUT2D eigenvalue weighted by Crippen LogP contribution is -2.46. The fraction of sp³-hybridized carbons (Fsp3) is 0.524. The van der Waals surface area contributed by atoms with E-state index in [0.29, 0.717) is 23.6 Å². The fourth-order valence-corrected chi connectivity index (χ4v) is 4.38. The van der Waals surface area contributed by atoms with Crippen LogP contribution in [-0.4, -0.2) is 52.9 Å². The highest BCUT2D eigenvalue weighted by Crippen LogP contribution is 2.42. The first-order chi connectivity index (χ1) is 14.6. The summed E-state index contributed by atoms with van der Waals surface area (Å²) in [6.07, 6.45) is -6.00. The Morgan fingerprint density at radius 3 is 2.77 bits per heavy atom. The van der Waals surface area contributed by atoms with E-state index in [4.69, 9.17) is 4.74 Å². The second-order valence-corrected chi connectivity index (χ2v) is 8.70. The summed E-state index contributed by atoms with van der Waals surface area (Å²) in [6.45, 7) is 6.68. The maximum atomic E-state index is 13.5. The summed E-state index contributed by atoms with van der Waals surface area (Å²) >= 11 is 0.684. The van der Waals surface area contributed by atoms with Crippen LogP contribution in [0.4, 0.5) is 13.2 Å². The van der Waals surface area contributed by atoms with Gasteiger partial charge in [-0.2, -0.15) is 13.2 Å². The highest BCUT2D eigenvalue weighted by atomic mass is 32.1. The van der Waals surface area contributed by atoms with Gasteiger partial charge in [0, 0.05) is 37.3 Å². The predicted molar refractivity (Wildman–Crippen MR) is 110 cm³/mol. The number of aryl methyl sites for hydroxylation is 1. The summed E-state index contributed by atoms with van der Waals surface area (Å²) in [5, 5.41) is 13.7. The Hall–Kier alpha value is -2.01. The number of benzene rings is 1.